The lowest BCUT2D eigenvalue weighted by Gasteiger charge is -2.12. The van der Waals surface area contributed by atoms with Crippen molar-refractivity contribution in [3.8, 4) is 0 Å². The Morgan fingerprint density at radius 1 is 1.41 bits per heavy atom. The molecule has 2 N–H and O–H groups in total. The Hall–Kier alpha value is -1.87. The summed E-state index contributed by atoms with van der Waals surface area (Å²) in [5, 5.41) is 16.4. The van der Waals surface area contributed by atoms with Crippen LogP contribution in [-0.4, -0.2) is 30.0 Å². The molecule has 0 aromatic heterocycles. The fourth-order valence-corrected chi connectivity index (χ4v) is 2.09. The van der Waals surface area contributed by atoms with E-state index in [9.17, 15) is 28.1 Å². The van der Waals surface area contributed by atoms with Crippen molar-refractivity contribution in [1.82, 2.24) is 10.6 Å². The van der Waals surface area contributed by atoms with Gasteiger partial charge in [0, 0.05) is 18.7 Å². The lowest BCUT2D eigenvalue weighted by atomic mass is 10.1. The highest BCUT2D eigenvalue weighted by atomic mass is 35.5. The lowest BCUT2D eigenvalue weighted by molar-refractivity contribution is -0.385. The average Bonchev–Trinajstić information content (AvgIpc) is 2.89. The number of nitrogens with one attached hydrogen (secondary N) is 2. The van der Waals surface area contributed by atoms with Crippen LogP contribution < -0.4 is 10.6 Å². The molecule has 1 aromatic carbocycles. The molecule has 1 fully saturated rings. The smallest absolute Gasteiger partial charge is 0.348 e. The minimum atomic E-state index is -4.70. The number of nitrogens with zero attached hydrogens (tertiary/aromatic N) is 1. The van der Waals surface area contributed by atoms with E-state index in [0.29, 0.717) is 31.6 Å². The van der Waals surface area contributed by atoms with Crippen LogP contribution >= 0.6 is 12.4 Å². The van der Waals surface area contributed by atoms with E-state index in [0.717, 1.165) is 6.07 Å². The van der Waals surface area contributed by atoms with E-state index in [1.807, 2.05) is 0 Å². The van der Waals surface area contributed by atoms with E-state index in [1.165, 1.54) is 0 Å². The Balaban J connectivity index is 0.00000242. The SMILES string of the molecule is Cl.O=C(NC1CCNC1)c1ccc(C(F)(F)F)cc1[N+](=O)[O-]. The molecular formula is C12H13ClF3N3O3. The van der Waals surface area contributed by atoms with Crippen molar-refractivity contribution in [1.29, 1.82) is 0 Å². The number of nitro benzene ring substituents is 1. The van der Waals surface area contributed by atoms with Crippen molar-refractivity contribution in [3.05, 3.63) is 39.4 Å². The van der Waals surface area contributed by atoms with E-state index in [2.05, 4.69) is 10.6 Å². The predicted molar refractivity (Wildman–Crippen MR) is 74.1 cm³/mol. The summed E-state index contributed by atoms with van der Waals surface area (Å²) < 4.78 is 37.7. The van der Waals surface area contributed by atoms with Gasteiger partial charge in [-0.25, -0.2) is 0 Å². The normalized spacial score (nSPS) is 17.7. The molecular weight excluding hydrogens is 327 g/mol. The van der Waals surface area contributed by atoms with Gasteiger partial charge in [0.2, 0.25) is 0 Å². The molecule has 0 radical (unpaired) electrons. The predicted octanol–water partition coefficient (Wildman–Crippen LogP) is 2.13. The second kappa shape index (κ2) is 6.93. The Bertz CT molecular complexity index is 574. The Labute approximate surface area is 129 Å². The molecule has 1 aliphatic rings. The Kier molecular flexibility index (Phi) is 5.72. The van der Waals surface area contributed by atoms with Gasteiger partial charge in [0.15, 0.2) is 0 Å². The third-order valence-electron chi connectivity index (χ3n) is 3.16. The standard InChI is InChI=1S/C12H12F3N3O3.ClH/c13-12(14,15)7-1-2-9(10(5-7)18(20)21)11(19)17-8-3-4-16-6-8;/h1-2,5,8,16H,3-4,6H2,(H,17,19);1H. The van der Waals surface area contributed by atoms with Crippen LogP contribution in [0.25, 0.3) is 0 Å². The van der Waals surface area contributed by atoms with Crippen LogP contribution in [0.2, 0.25) is 0 Å². The van der Waals surface area contributed by atoms with Gasteiger partial charge in [-0.1, -0.05) is 0 Å². The number of carbonyl (C=O) groups excluding carboxylic acids is 1. The minimum absolute atomic E-state index is 0. The number of amides is 1. The Morgan fingerprint density at radius 2 is 2.09 bits per heavy atom. The van der Waals surface area contributed by atoms with Crippen LogP contribution in [0.4, 0.5) is 18.9 Å². The zero-order chi connectivity index (χ0) is 15.6. The summed E-state index contributed by atoms with van der Waals surface area (Å²) in [6, 6.07) is 1.69. The minimum Gasteiger partial charge on any atom is -0.348 e. The first-order valence-corrected chi connectivity index (χ1v) is 6.16. The van der Waals surface area contributed by atoms with Crippen LogP contribution in [0.5, 0.6) is 0 Å². The topological polar surface area (TPSA) is 84.3 Å². The van der Waals surface area contributed by atoms with E-state index >= 15 is 0 Å². The van der Waals surface area contributed by atoms with Gasteiger partial charge in [0.25, 0.3) is 11.6 Å². The highest BCUT2D eigenvalue weighted by Gasteiger charge is 2.34. The fraction of sp³-hybridized carbons (Fsp3) is 0.417. The highest BCUT2D eigenvalue weighted by Crippen LogP contribution is 2.33. The maximum Gasteiger partial charge on any atom is 0.416 e. The second-order valence-electron chi connectivity index (χ2n) is 4.65. The van der Waals surface area contributed by atoms with Gasteiger partial charge < -0.3 is 10.6 Å². The number of rotatable bonds is 3. The van der Waals surface area contributed by atoms with E-state index in [-0.39, 0.29) is 24.0 Å². The largest absolute Gasteiger partial charge is 0.416 e. The molecule has 1 heterocycles. The highest BCUT2D eigenvalue weighted by molar-refractivity contribution is 5.98. The molecule has 0 bridgehead atoms. The molecule has 122 valence electrons. The molecule has 2 rings (SSSR count). The van der Waals surface area contributed by atoms with Crippen LogP contribution in [0.1, 0.15) is 22.3 Å². The van der Waals surface area contributed by atoms with Crippen LogP contribution in [0, 0.1) is 10.1 Å². The molecule has 6 nitrogen and oxygen atoms in total. The first-order valence-electron chi connectivity index (χ1n) is 6.16. The fourth-order valence-electron chi connectivity index (χ4n) is 2.09. The Morgan fingerprint density at radius 3 is 2.59 bits per heavy atom. The molecule has 1 aromatic rings. The van der Waals surface area contributed by atoms with E-state index < -0.39 is 28.3 Å². The maximum absolute atomic E-state index is 12.6. The number of carbonyl (C=O) groups is 1. The zero-order valence-corrected chi connectivity index (χ0v) is 12.0. The molecule has 0 spiro atoms. The first-order chi connectivity index (χ1) is 9.79. The van der Waals surface area contributed by atoms with Crippen LogP contribution in [0.3, 0.4) is 0 Å². The van der Waals surface area contributed by atoms with E-state index in [1.54, 1.807) is 0 Å². The molecule has 1 unspecified atom stereocenters. The third kappa shape index (κ3) is 4.08. The van der Waals surface area contributed by atoms with Crippen LogP contribution in [0.15, 0.2) is 18.2 Å². The zero-order valence-electron chi connectivity index (χ0n) is 11.1. The number of hydrogen-bond acceptors (Lipinski definition) is 4. The summed E-state index contributed by atoms with van der Waals surface area (Å²) in [5.41, 5.74) is -2.39. The van der Waals surface area contributed by atoms with Crippen molar-refractivity contribution in [2.45, 2.75) is 18.6 Å². The molecule has 1 aliphatic heterocycles. The lowest BCUT2D eigenvalue weighted by Crippen LogP contribution is -2.36. The summed E-state index contributed by atoms with van der Waals surface area (Å²) in [7, 11) is 0. The maximum atomic E-state index is 12.6. The van der Waals surface area contributed by atoms with Gasteiger partial charge in [0.05, 0.1) is 10.5 Å². The summed E-state index contributed by atoms with van der Waals surface area (Å²) in [6.07, 6.45) is -4.03. The van der Waals surface area contributed by atoms with Crippen molar-refractivity contribution >= 4 is 24.0 Å². The number of alkyl halides is 3. The number of hydrogen-bond donors (Lipinski definition) is 2. The molecule has 1 saturated heterocycles. The van der Waals surface area contributed by atoms with Crippen molar-refractivity contribution in [2.24, 2.45) is 0 Å². The van der Waals surface area contributed by atoms with Gasteiger partial charge in [-0.05, 0) is 25.1 Å². The van der Waals surface area contributed by atoms with Gasteiger partial charge >= 0.3 is 6.18 Å². The van der Waals surface area contributed by atoms with Crippen molar-refractivity contribution in [2.75, 3.05) is 13.1 Å². The third-order valence-corrected chi connectivity index (χ3v) is 3.16. The monoisotopic (exact) mass is 339 g/mol. The first kappa shape index (κ1) is 18.2. The molecule has 1 amide bonds. The summed E-state index contributed by atoms with van der Waals surface area (Å²) in [5.74, 6) is -0.746. The van der Waals surface area contributed by atoms with Crippen LogP contribution in [-0.2, 0) is 6.18 Å². The number of nitro groups is 1. The van der Waals surface area contributed by atoms with Crippen molar-refractivity contribution < 1.29 is 22.9 Å². The van der Waals surface area contributed by atoms with Crippen molar-refractivity contribution in [3.63, 3.8) is 0 Å². The van der Waals surface area contributed by atoms with Gasteiger partial charge in [-0.3, -0.25) is 14.9 Å². The molecule has 10 heteroatoms. The summed E-state index contributed by atoms with van der Waals surface area (Å²) in [6.45, 7) is 1.24. The average molecular weight is 340 g/mol. The number of halogens is 4. The molecule has 22 heavy (non-hydrogen) atoms. The van der Waals surface area contributed by atoms with Gasteiger partial charge in [-0.15, -0.1) is 12.4 Å². The molecule has 0 aliphatic carbocycles. The second-order valence-corrected chi connectivity index (χ2v) is 4.65. The van der Waals surface area contributed by atoms with Gasteiger partial charge in [-0.2, -0.15) is 13.2 Å². The molecule has 1 atom stereocenters. The molecule has 0 saturated carbocycles. The summed E-state index contributed by atoms with van der Waals surface area (Å²) in [4.78, 5) is 21.9. The summed E-state index contributed by atoms with van der Waals surface area (Å²) >= 11 is 0. The quantitative estimate of drug-likeness (QED) is 0.652. The number of benzene rings is 1. The van der Waals surface area contributed by atoms with E-state index in [4.69, 9.17) is 0 Å². The van der Waals surface area contributed by atoms with Gasteiger partial charge in [0.1, 0.15) is 5.56 Å².